The predicted molar refractivity (Wildman–Crippen MR) is 110 cm³/mol. The summed E-state index contributed by atoms with van der Waals surface area (Å²) in [7, 11) is 0. The molecule has 0 bridgehead atoms. The third-order valence-electron chi connectivity index (χ3n) is 4.59. The zero-order valence-electron chi connectivity index (χ0n) is 15.6. The lowest BCUT2D eigenvalue weighted by Gasteiger charge is -2.36. The Morgan fingerprint density at radius 3 is 2.46 bits per heavy atom. The van der Waals surface area contributed by atoms with Gasteiger partial charge in [0.25, 0.3) is 0 Å². The molecule has 0 radical (unpaired) electrons. The van der Waals surface area contributed by atoms with E-state index in [1.165, 1.54) is 12.1 Å². The SMILES string of the molecule is C[C@@H](NC(=O)N1CCN(c2cccc(Cl)c2)CC1)C(=O)Nc1cccc(O)c1. The van der Waals surface area contributed by atoms with E-state index in [-0.39, 0.29) is 17.7 Å². The number of rotatable bonds is 4. The van der Waals surface area contributed by atoms with Crippen LogP contribution < -0.4 is 15.5 Å². The number of carbonyl (C=O) groups excluding carboxylic acids is 2. The maximum Gasteiger partial charge on any atom is 0.318 e. The van der Waals surface area contributed by atoms with Crippen molar-refractivity contribution in [3.63, 3.8) is 0 Å². The van der Waals surface area contributed by atoms with Crippen molar-refractivity contribution in [3.05, 3.63) is 53.6 Å². The van der Waals surface area contributed by atoms with Crippen molar-refractivity contribution < 1.29 is 14.7 Å². The molecule has 3 amide bonds. The number of carbonyl (C=O) groups is 2. The van der Waals surface area contributed by atoms with Crippen molar-refractivity contribution in [2.24, 2.45) is 0 Å². The van der Waals surface area contributed by atoms with Gasteiger partial charge in [-0.05, 0) is 37.3 Å². The molecule has 148 valence electrons. The Morgan fingerprint density at radius 2 is 1.79 bits per heavy atom. The number of anilines is 2. The number of phenolic OH excluding ortho intramolecular Hbond substituents is 1. The molecule has 2 aromatic carbocycles. The van der Waals surface area contributed by atoms with Gasteiger partial charge in [-0.15, -0.1) is 0 Å². The number of hydrogen-bond donors (Lipinski definition) is 3. The van der Waals surface area contributed by atoms with Crippen molar-refractivity contribution in [1.29, 1.82) is 0 Å². The summed E-state index contributed by atoms with van der Waals surface area (Å²) in [5.74, 6) is -0.288. The lowest BCUT2D eigenvalue weighted by Crippen LogP contribution is -2.54. The highest BCUT2D eigenvalue weighted by atomic mass is 35.5. The highest BCUT2D eigenvalue weighted by molar-refractivity contribution is 6.30. The van der Waals surface area contributed by atoms with Crippen LogP contribution in [0.2, 0.25) is 5.02 Å². The van der Waals surface area contributed by atoms with Gasteiger partial charge in [-0.1, -0.05) is 23.7 Å². The smallest absolute Gasteiger partial charge is 0.318 e. The van der Waals surface area contributed by atoms with Crippen LogP contribution in [-0.2, 0) is 4.79 Å². The van der Waals surface area contributed by atoms with Gasteiger partial charge in [-0.25, -0.2) is 4.79 Å². The van der Waals surface area contributed by atoms with E-state index in [0.717, 1.165) is 5.69 Å². The van der Waals surface area contributed by atoms with E-state index >= 15 is 0 Å². The molecular weight excluding hydrogens is 380 g/mol. The monoisotopic (exact) mass is 402 g/mol. The first-order chi connectivity index (χ1) is 13.4. The average molecular weight is 403 g/mol. The summed E-state index contributed by atoms with van der Waals surface area (Å²) in [6.45, 7) is 4.12. The minimum absolute atomic E-state index is 0.0621. The fourth-order valence-corrected chi connectivity index (χ4v) is 3.20. The van der Waals surface area contributed by atoms with E-state index in [0.29, 0.717) is 36.9 Å². The molecular formula is C20H23ClN4O3. The third kappa shape index (κ3) is 5.07. The molecule has 0 unspecified atom stereocenters. The first-order valence-corrected chi connectivity index (χ1v) is 9.46. The van der Waals surface area contributed by atoms with E-state index in [1.807, 2.05) is 24.3 Å². The normalized spacial score (nSPS) is 15.1. The van der Waals surface area contributed by atoms with Gasteiger partial charge in [0.05, 0.1) is 0 Å². The van der Waals surface area contributed by atoms with Crippen LogP contribution in [0.1, 0.15) is 6.92 Å². The molecule has 1 aliphatic heterocycles. The number of urea groups is 1. The molecule has 1 heterocycles. The van der Waals surface area contributed by atoms with Gasteiger partial charge in [-0.2, -0.15) is 0 Å². The number of aromatic hydroxyl groups is 1. The Labute approximate surface area is 168 Å². The maximum atomic E-state index is 12.5. The van der Waals surface area contributed by atoms with Gasteiger partial charge in [0.15, 0.2) is 0 Å². The Hall–Kier alpha value is -2.93. The van der Waals surface area contributed by atoms with Crippen molar-refractivity contribution in [1.82, 2.24) is 10.2 Å². The van der Waals surface area contributed by atoms with Gasteiger partial charge in [-0.3, -0.25) is 4.79 Å². The largest absolute Gasteiger partial charge is 0.508 e. The number of piperazine rings is 1. The Bertz CT molecular complexity index is 853. The molecule has 0 aliphatic carbocycles. The number of phenols is 1. The Kier molecular flexibility index (Phi) is 6.26. The molecule has 0 aromatic heterocycles. The molecule has 0 spiro atoms. The molecule has 0 saturated carbocycles. The molecule has 1 atom stereocenters. The zero-order chi connectivity index (χ0) is 20.1. The number of benzene rings is 2. The summed E-state index contributed by atoms with van der Waals surface area (Å²) in [6, 6.07) is 12.9. The van der Waals surface area contributed by atoms with Gasteiger partial charge >= 0.3 is 6.03 Å². The minimum atomic E-state index is -0.708. The van der Waals surface area contributed by atoms with Crippen LogP contribution in [0.5, 0.6) is 5.75 Å². The van der Waals surface area contributed by atoms with Crippen molar-refractivity contribution in [2.75, 3.05) is 36.4 Å². The second-order valence-corrected chi connectivity index (χ2v) is 7.10. The van der Waals surface area contributed by atoms with Crippen LogP contribution in [0.4, 0.5) is 16.2 Å². The summed E-state index contributed by atoms with van der Waals surface area (Å²) in [5.41, 5.74) is 1.51. The van der Waals surface area contributed by atoms with Crippen LogP contribution in [0.15, 0.2) is 48.5 Å². The van der Waals surface area contributed by atoms with Crippen LogP contribution >= 0.6 is 11.6 Å². The second kappa shape index (κ2) is 8.84. The van der Waals surface area contributed by atoms with Crippen molar-refractivity contribution in [2.45, 2.75) is 13.0 Å². The summed E-state index contributed by atoms with van der Waals surface area (Å²) < 4.78 is 0. The molecule has 7 nitrogen and oxygen atoms in total. The van der Waals surface area contributed by atoms with Gasteiger partial charge in [0.2, 0.25) is 5.91 Å². The lowest BCUT2D eigenvalue weighted by molar-refractivity contribution is -0.117. The number of amides is 3. The first-order valence-electron chi connectivity index (χ1n) is 9.08. The van der Waals surface area contributed by atoms with Crippen LogP contribution in [0.3, 0.4) is 0 Å². The van der Waals surface area contributed by atoms with E-state index in [4.69, 9.17) is 11.6 Å². The van der Waals surface area contributed by atoms with Crippen molar-refractivity contribution in [3.8, 4) is 5.75 Å². The quantitative estimate of drug-likeness (QED) is 0.734. The summed E-state index contributed by atoms with van der Waals surface area (Å²) in [5, 5.41) is 15.5. The standard InChI is InChI=1S/C20H23ClN4O3/c1-14(19(27)23-16-5-3-7-18(26)13-16)22-20(28)25-10-8-24(9-11-25)17-6-2-4-15(21)12-17/h2-7,12-14,26H,8-11H2,1H3,(H,22,28)(H,23,27)/t14-/m1/s1. The molecule has 1 aliphatic rings. The molecule has 8 heteroatoms. The topological polar surface area (TPSA) is 84.9 Å². The van der Waals surface area contributed by atoms with Crippen LogP contribution in [0, 0.1) is 0 Å². The number of nitrogens with one attached hydrogen (secondary N) is 2. The zero-order valence-corrected chi connectivity index (χ0v) is 16.3. The molecule has 3 N–H and O–H groups in total. The summed E-state index contributed by atoms with van der Waals surface area (Å²) in [4.78, 5) is 28.6. The molecule has 3 rings (SSSR count). The van der Waals surface area contributed by atoms with Gasteiger partial charge < -0.3 is 25.5 Å². The number of halogens is 1. The van der Waals surface area contributed by atoms with E-state index in [2.05, 4.69) is 15.5 Å². The Morgan fingerprint density at radius 1 is 1.07 bits per heavy atom. The fraction of sp³-hybridized carbons (Fsp3) is 0.300. The highest BCUT2D eigenvalue weighted by Gasteiger charge is 2.24. The molecule has 1 saturated heterocycles. The second-order valence-electron chi connectivity index (χ2n) is 6.66. The third-order valence-corrected chi connectivity index (χ3v) is 4.82. The first kappa shape index (κ1) is 19.8. The van der Waals surface area contributed by atoms with Gasteiger partial charge in [0, 0.05) is 48.6 Å². The fourth-order valence-electron chi connectivity index (χ4n) is 3.02. The highest BCUT2D eigenvalue weighted by Crippen LogP contribution is 2.21. The van der Waals surface area contributed by atoms with E-state index in [9.17, 15) is 14.7 Å². The number of nitrogens with zero attached hydrogens (tertiary/aromatic N) is 2. The van der Waals surface area contributed by atoms with Crippen LogP contribution in [-0.4, -0.2) is 54.2 Å². The van der Waals surface area contributed by atoms with E-state index < -0.39 is 6.04 Å². The predicted octanol–water partition coefficient (Wildman–Crippen LogP) is 2.90. The van der Waals surface area contributed by atoms with Gasteiger partial charge in [0.1, 0.15) is 11.8 Å². The van der Waals surface area contributed by atoms with E-state index in [1.54, 1.807) is 24.0 Å². The number of hydrogen-bond acceptors (Lipinski definition) is 4. The molecule has 1 fully saturated rings. The molecule has 28 heavy (non-hydrogen) atoms. The summed E-state index contributed by atoms with van der Waals surface area (Å²) >= 11 is 6.04. The molecule has 2 aromatic rings. The lowest BCUT2D eigenvalue weighted by atomic mass is 10.2. The minimum Gasteiger partial charge on any atom is -0.508 e. The van der Waals surface area contributed by atoms with Crippen LogP contribution in [0.25, 0.3) is 0 Å². The maximum absolute atomic E-state index is 12.5. The van der Waals surface area contributed by atoms with Crippen molar-refractivity contribution >= 4 is 34.9 Å². The summed E-state index contributed by atoms with van der Waals surface area (Å²) in [6.07, 6.45) is 0. The Balaban J connectivity index is 1.49. The average Bonchev–Trinajstić information content (AvgIpc) is 2.68.